The molecule has 90 valence electrons. The molecular formula is C10H17N3O2S. The standard InChI is InChI=1S/C10H17N3O2S/c1-6(7-3-4-7)13(2)10(15)9(14)12-5-8(11)16/h6-7H,3-5H2,1-2H3,(H2,11,16)(H,12,14). The summed E-state index contributed by atoms with van der Waals surface area (Å²) in [5.41, 5.74) is 5.23. The molecule has 16 heavy (non-hydrogen) atoms. The van der Waals surface area contributed by atoms with Gasteiger partial charge in [0.05, 0.1) is 11.5 Å². The fourth-order valence-corrected chi connectivity index (χ4v) is 1.56. The van der Waals surface area contributed by atoms with Crippen LogP contribution in [0.1, 0.15) is 19.8 Å². The van der Waals surface area contributed by atoms with Crippen LogP contribution in [0.2, 0.25) is 0 Å². The topological polar surface area (TPSA) is 75.4 Å². The molecule has 5 nitrogen and oxygen atoms in total. The first kappa shape index (κ1) is 12.9. The summed E-state index contributed by atoms with van der Waals surface area (Å²) in [6, 6.07) is 0.114. The lowest BCUT2D eigenvalue weighted by Gasteiger charge is -2.24. The maximum absolute atomic E-state index is 11.7. The molecule has 0 aliphatic heterocycles. The van der Waals surface area contributed by atoms with Crippen LogP contribution in [0.4, 0.5) is 0 Å². The molecule has 6 heteroatoms. The number of thiocarbonyl (C=S) groups is 1. The van der Waals surface area contributed by atoms with Crippen molar-refractivity contribution in [1.82, 2.24) is 10.2 Å². The molecule has 1 aliphatic carbocycles. The Morgan fingerprint density at radius 1 is 1.56 bits per heavy atom. The number of nitrogens with one attached hydrogen (secondary N) is 1. The van der Waals surface area contributed by atoms with E-state index < -0.39 is 11.8 Å². The summed E-state index contributed by atoms with van der Waals surface area (Å²) < 4.78 is 0. The molecule has 0 aromatic rings. The van der Waals surface area contributed by atoms with Gasteiger partial charge in [-0.2, -0.15) is 0 Å². The summed E-state index contributed by atoms with van der Waals surface area (Å²) in [6.07, 6.45) is 2.26. The number of nitrogens with two attached hydrogens (primary N) is 1. The van der Waals surface area contributed by atoms with Crippen molar-refractivity contribution in [2.75, 3.05) is 13.6 Å². The summed E-state index contributed by atoms with van der Waals surface area (Å²) in [4.78, 5) is 24.7. The van der Waals surface area contributed by atoms with Crippen molar-refractivity contribution in [3.8, 4) is 0 Å². The average molecular weight is 243 g/mol. The Bertz CT molecular complexity index is 315. The van der Waals surface area contributed by atoms with E-state index in [2.05, 4.69) is 17.5 Å². The number of likely N-dealkylation sites (N-methyl/N-ethyl adjacent to an activating group) is 1. The van der Waals surface area contributed by atoms with Crippen LogP contribution in [0.15, 0.2) is 0 Å². The van der Waals surface area contributed by atoms with Crippen molar-refractivity contribution in [2.24, 2.45) is 11.7 Å². The lowest BCUT2D eigenvalue weighted by atomic mass is 10.2. The third kappa shape index (κ3) is 3.44. The van der Waals surface area contributed by atoms with E-state index in [1.807, 2.05) is 6.92 Å². The van der Waals surface area contributed by atoms with Crippen LogP contribution in [0.25, 0.3) is 0 Å². The Kier molecular flexibility index (Phi) is 4.23. The Morgan fingerprint density at radius 3 is 2.56 bits per heavy atom. The van der Waals surface area contributed by atoms with Crippen LogP contribution in [0.3, 0.4) is 0 Å². The summed E-state index contributed by atoms with van der Waals surface area (Å²) in [7, 11) is 1.64. The average Bonchev–Trinajstić information content (AvgIpc) is 3.06. The number of hydrogen-bond donors (Lipinski definition) is 2. The Hall–Kier alpha value is -1.17. The molecule has 0 spiro atoms. The van der Waals surface area contributed by atoms with Gasteiger partial charge < -0.3 is 16.0 Å². The highest BCUT2D eigenvalue weighted by molar-refractivity contribution is 7.80. The summed E-state index contributed by atoms with van der Waals surface area (Å²) in [5, 5.41) is 2.38. The predicted octanol–water partition coefficient (Wildman–Crippen LogP) is -0.354. The third-order valence-electron chi connectivity index (χ3n) is 2.85. The van der Waals surface area contributed by atoms with Crippen LogP contribution in [-0.4, -0.2) is 41.3 Å². The molecule has 0 saturated heterocycles. The van der Waals surface area contributed by atoms with Gasteiger partial charge in [-0.15, -0.1) is 0 Å². The summed E-state index contributed by atoms with van der Waals surface area (Å²) in [5.74, 6) is -0.643. The quantitative estimate of drug-likeness (QED) is 0.522. The molecule has 1 saturated carbocycles. The number of rotatable bonds is 4. The zero-order valence-electron chi connectivity index (χ0n) is 9.53. The van der Waals surface area contributed by atoms with E-state index in [0.717, 1.165) is 12.8 Å². The number of carbonyl (C=O) groups excluding carboxylic acids is 2. The molecule has 3 N–H and O–H groups in total. The molecule has 0 bridgehead atoms. The smallest absolute Gasteiger partial charge is 0.311 e. The van der Waals surface area contributed by atoms with Crippen molar-refractivity contribution in [3.63, 3.8) is 0 Å². The first-order valence-electron chi connectivity index (χ1n) is 5.26. The van der Waals surface area contributed by atoms with Gasteiger partial charge in [0.15, 0.2) is 0 Å². The first-order chi connectivity index (χ1) is 7.43. The molecule has 0 aromatic heterocycles. The fourth-order valence-electron chi connectivity index (χ4n) is 1.48. The van der Waals surface area contributed by atoms with Gasteiger partial charge in [-0.1, -0.05) is 12.2 Å². The molecule has 1 fully saturated rings. The van der Waals surface area contributed by atoms with Gasteiger partial charge in [-0.3, -0.25) is 9.59 Å². The zero-order chi connectivity index (χ0) is 12.3. The van der Waals surface area contributed by atoms with Crippen molar-refractivity contribution in [1.29, 1.82) is 0 Å². The monoisotopic (exact) mass is 243 g/mol. The third-order valence-corrected chi connectivity index (χ3v) is 3.00. The van der Waals surface area contributed by atoms with Crippen molar-refractivity contribution >= 4 is 29.0 Å². The molecule has 1 rings (SSSR count). The van der Waals surface area contributed by atoms with Crippen LogP contribution >= 0.6 is 12.2 Å². The van der Waals surface area contributed by atoms with E-state index in [-0.39, 0.29) is 17.6 Å². The van der Waals surface area contributed by atoms with Crippen molar-refractivity contribution in [2.45, 2.75) is 25.8 Å². The zero-order valence-corrected chi connectivity index (χ0v) is 10.3. The minimum Gasteiger partial charge on any atom is -0.392 e. The number of hydrogen-bond acceptors (Lipinski definition) is 3. The minimum atomic E-state index is -0.650. The molecule has 1 atom stereocenters. The first-order valence-corrected chi connectivity index (χ1v) is 5.67. The highest BCUT2D eigenvalue weighted by atomic mass is 32.1. The Labute approximate surface area is 100 Å². The minimum absolute atomic E-state index is 0.0611. The van der Waals surface area contributed by atoms with E-state index >= 15 is 0 Å². The van der Waals surface area contributed by atoms with Gasteiger partial charge in [0.1, 0.15) is 0 Å². The molecule has 2 amide bonds. The van der Waals surface area contributed by atoms with Crippen molar-refractivity contribution < 1.29 is 9.59 Å². The van der Waals surface area contributed by atoms with Crippen molar-refractivity contribution in [3.05, 3.63) is 0 Å². The fraction of sp³-hybridized carbons (Fsp3) is 0.700. The lowest BCUT2D eigenvalue weighted by Crippen LogP contribution is -2.47. The second kappa shape index (κ2) is 5.25. The van der Waals surface area contributed by atoms with Gasteiger partial charge in [0.25, 0.3) is 0 Å². The van der Waals surface area contributed by atoms with Gasteiger partial charge in [0, 0.05) is 13.1 Å². The summed E-state index contributed by atoms with van der Waals surface area (Å²) >= 11 is 4.61. The van der Waals surface area contributed by atoms with Crippen LogP contribution in [-0.2, 0) is 9.59 Å². The van der Waals surface area contributed by atoms with Gasteiger partial charge in [-0.25, -0.2) is 0 Å². The lowest BCUT2D eigenvalue weighted by molar-refractivity contribution is -0.146. The molecule has 0 heterocycles. The van der Waals surface area contributed by atoms with Crippen LogP contribution in [0, 0.1) is 5.92 Å². The second-order valence-electron chi connectivity index (χ2n) is 4.14. The Morgan fingerprint density at radius 2 is 2.12 bits per heavy atom. The SMILES string of the molecule is CC(C1CC1)N(C)C(=O)C(=O)NCC(N)=S. The Balaban J connectivity index is 2.42. The highest BCUT2D eigenvalue weighted by Gasteiger charge is 2.34. The highest BCUT2D eigenvalue weighted by Crippen LogP contribution is 2.34. The van der Waals surface area contributed by atoms with Crippen LogP contribution < -0.4 is 11.1 Å². The second-order valence-corrected chi connectivity index (χ2v) is 4.67. The molecule has 1 aliphatic rings. The molecule has 0 aromatic carbocycles. The molecule has 0 radical (unpaired) electrons. The maximum atomic E-state index is 11.7. The van der Waals surface area contributed by atoms with E-state index in [9.17, 15) is 9.59 Å². The largest absolute Gasteiger partial charge is 0.392 e. The van der Waals surface area contributed by atoms with Gasteiger partial charge in [0.2, 0.25) is 0 Å². The summed E-state index contributed by atoms with van der Waals surface area (Å²) in [6.45, 7) is 2.02. The predicted molar refractivity (Wildman–Crippen MR) is 64.8 cm³/mol. The number of carbonyl (C=O) groups is 2. The normalized spacial score (nSPS) is 16.4. The molecule has 1 unspecified atom stereocenters. The van der Waals surface area contributed by atoms with E-state index in [1.54, 1.807) is 7.05 Å². The van der Waals surface area contributed by atoms with Crippen LogP contribution in [0.5, 0.6) is 0 Å². The van der Waals surface area contributed by atoms with E-state index in [1.165, 1.54) is 4.90 Å². The number of amides is 2. The maximum Gasteiger partial charge on any atom is 0.311 e. The van der Waals surface area contributed by atoms with E-state index in [4.69, 9.17) is 5.73 Å². The molecular weight excluding hydrogens is 226 g/mol. The number of nitrogens with zero attached hydrogens (tertiary/aromatic N) is 1. The van der Waals surface area contributed by atoms with Gasteiger partial charge in [-0.05, 0) is 25.7 Å². The van der Waals surface area contributed by atoms with E-state index in [0.29, 0.717) is 5.92 Å². The van der Waals surface area contributed by atoms with Gasteiger partial charge >= 0.3 is 11.8 Å².